The van der Waals surface area contributed by atoms with Gasteiger partial charge in [-0.1, -0.05) is 30.3 Å². The Morgan fingerprint density at radius 1 is 0.974 bits per heavy atom. The Morgan fingerprint density at radius 2 is 1.67 bits per heavy atom. The lowest BCUT2D eigenvalue weighted by Gasteiger charge is -2.25. The van der Waals surface area contributed by atoms with E-state index in [1.165, 1.54) is 30.3 Å². The maximum Gasteiger partial charge on any atom is 0.330 e. The lowest BCUT2D eigenvalue weighted by molar-refractivity contribution is -0.120. The molecule has 0 unspecified atom stereocenters. The maximum atomic E-state index is 13.8. The normalized spacial score (nSPS) is 12.3. The van der Waals surface area contributed by atoms with E-state index in [-0.39, 0.29) is 18.5 Å². The second-order valence-electron chi connectivity index (χ2n) is 8.76. The summed E-state index contributed by atoms with van der Waals surface area (Å²) in [6, 6.07) is 14.2. The van der Waals surface area contributed by atoms with Gasteiger partial charge < -0.3 is 10.2 Å². The number of nitrogens with zero attached hydrogens (tertiary/aromatic N) is 3. The average Bonchev–Trinajstić information content (AvgIpc) is 3.35. The molecule has 4 rings (SSSR count). The van der Waals surface area contributed by atoms with E-state index < -0.39 is 39.8 Å². The molecule has 0 radical (unpaired) electrons. The predicted octanol–water partition coefficient (Wildman–Crippen LogP) is 3.82. The topological polar surface area (TPSA) is 112 Å². The molecule has 9 nitrogen and oxygen atoms in total. The zero-order valence-electron chi connectivity index (χ0n) is 21.0. The van der Waals surface area contributed by atoms with Crippen molar-refractivity contribution < 1.29 is 26.8 Å². The number of amides is 3. The average molecular weight is 574 g/mol. The van der Waals surface area contributed by atoms with Crippen LogP contribution in [0.1, 0.15) is 11.1 Å². The zero-order chi connectivity index (χ0) is 28.2. The highest BCUT2D eigenvalue weighted by Gasteiger charge is 2.28. The van der Waals surface area contributed by atoms with Crippen LogP contribution in [0.3, 0.4) is 0 Å². The molecule has 4 aromatic rings. The summed E-state index contributed by atoms with van der Waals surface area (Å²) in [5.74, 6) is -2.35. The van der Waals surface area contributed by atoms with Crippen LogP contribution in [0.15, 0.2) is 72.2 Å². The zero-order valence-corrected chi connectivity index (χ0v) is 22.6. The van der Waals surface area contributed by atoms with Gasteiger partial charge in [-0.05, 0) is 41.5 Å². The third-order valence-corrected chi connectivity index (χ3v) is 8.08. The summed E-state index contributed by atoms with van der Waals surface area (Å²) in [6.07, 6.45) is -0.301. The van der Waals surface area contributed by atoms with Crippen LogP contribution in [0.2, 0.25) is 0 Å². The molecule has 2 N–H and O–H groups in total. The van der Waals surface area contributed by atoms with Gasteiger partial charge in [-0.3, -0.25) is 4.79 Å². The van der Waals surface area contributed by atoms with Crippen LogP contribution >= 0.6 is 11.3 Å². The Labute approximate surface area is 228 Å². The number of hydrogen-bond acceptors (Lipinski definition) is 6. The number of likely N-dealkylation sites (N-methyl/N-ethyl adjacent to an activating group) is 1. The van der Waals surface area contributed by atoms with Crippen LogP contribution in [-0.2, 0) is 28.0 Å². The summed E-state index contributed by atoms with van der Waals surface area (Å²) in [5.41, 5.74) is 3.59. The number of carbonyl (C=O) groups excluding carboxylic acids is 2. The highest BCUT2D eigenvalue weighted by Crippen LogP contribution is 2.24. The molecule has 13 heteroatoms. The monoisotopic (exact) mass is 573 g/mol. The van der Waals surface area contributed by atoms with Crippen molar-refractivity contribution >= 4 is 49.4 Å². The van der Waals surface area contributed by atoms with E-state index >= 15 is 0 Å². The van der Waals surface area contributed by atoms with Gasteiger partial charge in [0, 0.05) is 38.8 Å². The van der Waals surface area contributed by atoms with Crippen LogP contribution in [0.25, 0.3) is 10.2 Å². The Bertz CT molecular complexity index is 1580. The van der Waals surface area contributed by atoms with Crippen LogP contribution in [0.4, 0.5) is 19.3 Å². The second kappa shape index (κ2) is 11.8. The van der Waals surface area contributed by atoms with Gasteiger partial charge in [0.25, 0.3) is 0 Å². The first-order valence-electron chi connectivity index (χ1n) is 11.7. The number of carbonyl (C=O) groups is 2. The van der Waals surface area contributed by atoms with Crippen molar-refractivity contribution in [2.75, 3.05) is 19.0 Å². The number of anilines is 1. The van der Waals surface area contributed by atoms with E-state index in [0.717, 1.165) is 21.1 Å². The van der Waals surface area contributed by atoms with Crippen molar-refractivity contribution in [1.82, 2.24) is 19.3 Å². The molecule has 1 aromatic heterocycles. The van der Waals surface area contributed by atoms with Crippen LogP contribution in [0.5, 0.6) is 0 Å². The lowest BCUT2D eigenvalue weighted by atomic mass is 10.0. The molecule has 0 aliphatic carbocycles. The van der Waals surface area contributed by atoms with Crippen molar-refractivity contribution in [3.8, 4) is 0 Å². The Morgan fingerprint density at radius 3 is 2.36 bits per heavy atom. The predicted molar refractivity (Wildman–Crippen MR) is 145 cm³/mol. The van der Waals surface area contributed by atoms with Crippen LogP contribution in [-0.4, -0.2) is 49.8 Å². The highest BCUT2D eigenvalue weighted by atomic mass is 32.2. The molecule has 39 heavy (non-hydrogen) atoms. The maximum absolute atomic E-state index is 13.8. The summed E-state index contributed by atoms with van der Waals surface area (Å²) in [6.45, 7) is -0.00375. The molecule has 3 amide bonds. The smallest absolute Gasteiger partial charge is 0.325 e. The number of aromatic nitrogens is 1. The molecule has 0 fully saturated rings. The van der Waals surface area contributed by atoms with Gasteiger partial charge >= 0.3 is 16.2 Å². The largest absolute Gasteiger partial charge is 0.330 e. The number of benzene rings is 3. The van der Waals surface area contributed by atoms with Crippen LogP contribution < -0.4 is 14.9 Å². The summed E-state index contributed by atoms with van der Waals surface area (Å²) in [4.78, 5) is 31.8. The van der Waals surface area contributed by atoms with Crippen molar-refractivity contribution in [3.05, 3.63) is 95.0 Å². The lowest BCUT2D eigenvalue weighted by Crippen LogP contribution is -2.54. The first-order valence-corrected chi connectivity index (χ1v) is 14.0. The van der Waals surface area contributed by atoms with Gasteiger partial charge in [0.05, 0.1) is 15.7 Å². The summed E-state index contributed by atoms with van der Waals surface area (Å²) < 4.78 is 56.9. The Balaban J connectivity index is 1.54. The molecular formula is C26H25F2N5O4S2. The molecule has 0 saturated heterocycles. The van der Waals surface area contributed by atoms with E-state index in [9.17, 15) is 26.8 Å². The van der Waals surface area contributed by atoms with Gasteiger partial charge in [0.2, 0.25) is 5.91 Å². The van der Waals surface area contributed by atoms with Crippen LogP contribution in [0, 0.1) is 11.6 Å². The van der Waals surface area contributed by atoms with Crippen molar-refractivity contribution in [1.29, 1.82) is 0 Å². The minimum Gasteiger partial charge on any atom is -0.325 e. The molecule has 204 valence electrons. The molecule has 0 bridgehead atoms. The number of nitrogens with one attached hydrogen (secondary N) is 2. The van der Waals surface area contributed by atoms with Gasteiger partial charge in [-0.15, -0.1) is 11.3 Å². The molecule has 1 heterocycles. The van der Waals surface area contributed by atoms with E-state index in [2.05, 4.69) is 10.3 Å². The summed E-state index contributed by atoms with van der Waals surface area (Å²) in [7, 11) is -1.52. The summed E-state index contributed by atoms with van der Waals surface area (Å²) in [5, 5.41) is 2.36. The van der Waals surface area contributed by atoms with E-state index in [1.54, 1.807) is 54.0 Å². The fourth-order valence-corrected chi connectivity index (χ4v) is 5.32. The molecule has 0 aliphatic heterocycles. The minimum absolute atomic E-state index is 0.00375. The van der Waals surface area contributed by atoms with E-state index in [0.29, 0.717) is 22.8 Å². The molecule has 0 aliphatic rings. The quantitative estimate of drug-likeness (QED) is 0.316. The third kappa shape index (κ3) is 7.13. The number of rotatable bonds is 9. The Kier molecular flexibility index (Phi) is 8.53. The van der Waals surface area contributed by atoms with Gasteiger partial charge in [-0.25, -0.2) is 23.3 Å². The number of urea groups is 1. The second-order valence-corrected chi connectivity index (χ2v) is 11.4. The Hall–Kier alpha value is -3.94. The first kappa shape index (κ1) is 28.1. The fourth-order valence-electron chi connectivity index (χ4n) is 3.89. The summed E-state index contributed by atoms with van der Waals surface area (Å²) >= 11 is 1.43. The van der Waals surface area contributed by atoms with Crippen molar-refractivity contribution in [2.24, 2.45) is 0 Å². The van der Waals surface area contributed by atoms with Crippen molar-refractivity contribution in [2.45, 2.75) is 19.0 Å². The number of halogens is 2. The minimum atomic E-state index is -4.29. The SMILES string of the molecule is CN(C(=O)[C@H](Cc1cc(F)cc(F)c1)NC(=O)NS(=O)(=O)N(C)Cc1ccccc1)c1ccc2scnc2c1. The molecule has 1 atom stereocenters. The van der Waals surface area contributed by atoms with Gasteiger partial charge in [-0.2, -0.15) is 12.7 Å². The van der Waals surface area contributed by atoms with Crippen molar-refractivity contribution in [3.63, 3.8) is 0 Å². The van der Waals surface area contributed by atoms with E-state index in [4.69, 9.17) is 0 Å². The molecule has 0 saturated carbocycles. The van der Waals surface area contributed by atoms with Gasteiger partial charge in [0.1, 0.15) is 17.7 Å². The van der Waals surface area contributed by atoms with E-state index in [1.807, 2.05) is 4.72 Å². The fraction of sp³-hybridized carbons (Fsp3) is 0.192. The third-order valence-electron chi connectivity index (χ3n) is 5.88. The number of hydrogen-bond donors (Lipinski definition) is 2. The standard InChI is InChI=1S/C26H25F2N5O4S2/c1-32(15-17-6-4-3-5-7-17)39(36,37)31-26(35)30-23(12-18-10-19(27)13-20(28)11-18)25(34)33(2)21-8-9-24-22(14-21)29-16-38-24/h3-11,13-14,16,23H,12,15H2,1-2H3,(H2,30,31,35)/t23-/m0/s1. The number of thiazole rings is 1. The van der Waals surface area contributed by atoms with Gasteiger partial charge in [0.15, 0.2) is 0 Å². The highest BCUT2D eigenvalue weighted by molar-refractivity contribution is 7.87. The molecule has 3 aromatic carbocycles. The number of fused-ring (bicyclic) bond motifs is 1. The molecular weight excluding hydrogens is 548 g/mol. The molecule has 0 spiro atoms. The first-order chi connectivity index (χ1) is 18.5.